The number of benzene rings is 3. The zero-order chi connectivity index (χ0) is 18.6. The summed E-state index contributed by atoms with van der Waals surface area (Å²) in [5.41, 5.74) is 1.50. The molecule has 0 unspecified atom stereocenters. The number of hydrogen-bond donors (Lipinski definition) is 0. The lowest BCUT2D eigenvalue weighted by molar-refractivity contribution is 0.255. The van der Waals surface area contributed by atoms with Crippen molar-refractivity contribution in [3.05, 3.63) is 72.8 Å². The summed E-state index contributed by atoms with van der Waals surface area (Å²) >= 11 is 0. The van der Waals surface area contributed by atoms with Crippen LogP contribution in [-0.2, 0) is 9.84 Å². The van der Waals surface area contributed by atoms with E-state index in [0.29, 0.717) is 0 Å². The van der Waals surface area contributed by atoms with Gasteiger partial charge in [-0.3, -0.25) is 9.80 Å². The summed E-state index contributed by atoms with van der Waals surface area (Å²) in [7, 11) is -3.20. The fourth-order valence-electron chi connectivity index (χ4n) is 4.29. The van der Waals surface area contributed by atoms with Gasteiger partial charge in [-0.25, -0.2) is 13.2 Å². The number of nitrogens with zero attached hydrogens (tertiary/aromatic N) is 2. The Hall–Kier alpha value is -2.86. The van der Waals surface area contributed by atoms with Crippen LogP contribution in [0.4, 0.5) is 16.2 Å². The van der Waals surface area contributed by atoms with Crippen molar-refractivity contribution in [3.8, 4) is 0 Å². The Morgan fingerprint density at radius 1 is 0.741 bits per heavy atom. The fourth-order valence-corrected chi connectivity index (χ4v) is 6.21. The molecule has 136 valence electrons. The molecule has 2 amide bonds. The third-order valence-corrected chi connectivity index (χ3v) is 7.13. The Balaban J connectivity index is 1.69. The van der Waals surface area contributed by atoms with Gasteiger partial charge in [-0.05, 0) is 23.6 Å². The van der Waals surface area contributed by atoms with Crippen LogP contribution < -0.4 is 9.80 Å². The zero-order valence-corrected chi connectivity index (χ0v) is 15.3. The van der Waals surface area contributed by atoms with Crippen molar-refractivity contribution in [2.75, 3.05) is 21.3 Å². The van der Waals surface area contributed by atoms with Crippen LogP contribution >= 0.6 is 0 Å². The molecule has 0 bridgehead atoms. The van der Waals surface area contributed by atoms with E-state index in [1.54, 1.807) is 9.80 Å². The van der Waals surface area contributed by atoms with Crippen LogP contribution in [0.1, 0.15) is 0 Å². The summed E-state index contributed by atoms with van der Waals surface area (Å²) in [6.07, 6.45) is 0. The minimum absolute atomic E-state index is 0.000430. The average Bonchev–Trinajstić information content (AvgIpc) is 3.10. The Morgan fingerprint density at radius 2 is 1.37 bits per heavy atom. The van der Waals surface area contributed by atoms with Gasteiger partial charge in [0, 0.05) is 11.1 Å². The highest BCUT2D eigenvalue weighted by atomic mass is 32.2. The van der Waals surface area contributed by atoms with Crippen molar-refractivity contribution in [1.82, 2.24) is 0 Å². The molecule has 0 aliphatic carbocycles. The smallest absolute Gasteiger partial charge is 0.288 e. The van der Waals surface area contributed by atoms with E-state index in [-0.39, 0.29) is 29.6 Å². The van der Waals surface area contributed by atoms with Gasteiger partial charge in [0.15, 0.2) is 9.84 Å². The number of carbonyl (C=O) groups excluding carboxylic acids is 1. The highest BCUT2D eigenvalue weighted by Gasteiger charge is 2.54. The number of hydrogen-bond acceptors (Lipinski definition) is 3. The first-order valence-corrected chi connectivity index (χ1v) is 10.7. The molecular weight excluding hydrogens is 360 g/mol. The monoisotopic (exact) mass is 378 g/mol. The number of sulfone groups is 1. The number of amides is 2. The standard InChI is InChI=1S/C21H18N2O3S/c24-21-22(16-9-2-1-3-10-16)19-13-27(25,26)14-20(19)23(21)18-12-6-8-15-7-4-5-11-17(15)18/h1-12,19-20H,13-14H2/t19-,20-/m1/s1. The van der Waals surface area contributed by atoms with E-state index < -0.39 is 9.84 Å². The Bertz CT molecular complexity index is 1140. The van der Waals surface area contributed by atoms with E-state index in [1.807, 2.05) is 72.8 Å². The average molecular weight is 378 g/mol. The van der Waals surface area contributed by atoms with E-state index in [0.717, 1.165) is 22.1 Å². The molecule has 2 aliphatic rings. The molecular formula is C21H18N2O3S. The molecule has 27 heavy (non-hydrogen) atoms. The summed E-state index contributed by atoms with van der Waals surface area (Å²) in [6, 6.07) is 22.1. The molecule has 2 saturated heterocycles. The molecule has 5 nitrogen and oxygen atoms in total. The summed E-state index contributed by atoms with van der Waals surface area (Å²) in [5, 5.41) is 1.98. The topological polar surface area (TPSA) is 57.7 Å². The van der Waals surface area contributed by atoms with Crippen LogP contribution in [0.3, 0.4) is 0 Å². The van der Waals surface area contributed by atoms with Crippen molar-refractivity contribution in [1.29, 1.82) is 0 Å². The maximum Gasteiger partial charge on any atom is 0.329 e. The predicted molar refractivity (Wildman–Crippen MR) is 107 cm³/mol. The maximum absolute atomic E-state index is 13.4. The van der Waals surface area contributed by atoms with Crippen molar-refractivity contribution < 1.29 is 13.2 Å². The molecule has 0 saturated carbocycles. The number of para-hydroxylation sites is 1. The number of carbonyl (C=O) groups is 1. The van der Waals surface area contributed by atoms with Crippen molar-refractivity contribution in [2.24, 2.45) is 0 Å². The molecule has 6 heteroatoms. The van der Waals surface area contributed by atoms with Gasteiger partial charge in [-0.1, -0.05) is 54.6 Å². The summed E-state index contributed by atoms with van der Waals surface area (Å²) in [4.78, 5) is 16.8. The lowest BCUT2D eigenvalue weighted by atomic mass is 10.1. The quantitative estimate of drug-likeness (QED) is 0.642. The highest BCUT2D eigenvalue weighted by molar-refractivity contribution is 7.91. The number of urea groups is 1. The fraction of sp³-hybridized carbons (Fsp3) is 0.190. The van der Waals surface area contributed by atoms with E-state index in [9.17, 15) is 13.2 Å². The van der Waals surface area contributed by atoms with Gasteiger partial charge in [-0.2, -0.15) is 0 Å². The lowest BCUT2D eigenvalue weighted by Crippen LogP contribution is -2.38. The van der Waals surface area contributed by atoms with E-state index in [2.05, 4.69) is 0 Å². The van der Waals surface area contributed by atoms with Gasteiger partial charge in [0.25, 0.3) is 0 Å². The van der Waals surface area contributed by atoms with Gasteiger partial charge in [-0.15, -0.1) is 0 Å². The van der Waals surface area contributed by atoms with Crippen molar-refractivity contribution in [3.63, 3.8) is 0 Å². The van der Waals surface area contributed by atoms with E-state index in [1.165, 1.54) is 0 Å². The molecule has 5 rings (SSSR count). The second-order valence-electron chi connectivity index (χ2n) is 7.07. The van der Waals surface area contributed by atoms with Crippen LogP contribution in [0.2, 0.25) is 0 Å². The third kappa shape index (κ3) is 2.51. The minimum Gasteiger partial charge on any atom is -0.288 e. The van der Waals surface area contributed by atoms with Crippen LogP contribution in [-0.4, -0.2) is 38.0 Å². The zero-order valence-electron chi connectivity index (χ0n) is 14.5. The van der Waals surface area contributed by atoms with Crippen LogP contribution in [0, 0.1) is 0 Å². The second kappa shape index (κ2) is 5.82. The van der Waals surface area contributed by atoms with E-state index in [4.69, 9.17) is 0 Å². The first kappa shape index (κ1) is 16.3. The molecule has 0 aromatic heterocycles. The maximum atomic E-state index is 13.4. The molecule has 3 aromatic rings. The van der Waals surface area contributed by atoms with Gasteiger partial charge in [0.2, 0.25) is 0 Å². The van der Waals surface area contributed by atoms with Gasteiger partial charge >= 0.3 is 6.03 Å². The summed E-state index contributed by atoms with van der Waals surface area (Å²) < 4.78 is 24.8. The molecule has 0 spiro atoms. The minimum atomic E-state index is -3.20. The Kier molecular flexibility index (Phi) is 3.52. The third-order valence-electron chi connectivity index (χ3n) is 5.43. The van der Waals surface area contributed by atoms with Crippen LogP contribution in [0.25, 0.3) is 10.8 Å². The molecule has 2 atom stereocenters. The van der Waals surface area contributed by atoms with Crippen molar-refractivity contribution >= 4 is 38.0 Å². The molecule has 2 heterocycles. The van der Waals surface area contributed by atoms with Crippen LogP contribution in [0.5, 0.6) is 0 Å². The largest absolute Gasteiger partial charge is 0.329 e. The number of anilines is 2. The lowest BCUT2D eigenvalue weighted by Gasteiger charge is -2.24. The first-order valence-electron chi connectivity index (χ1n) is 8.91. The van der Waals surface area contributed by atoms with Crippen molar-refractivity contribution in [2.45, 2.75) is 12.1 Å². The highest BCUT2D eigenvalue weighted by Crippen LogP contribution is 2.40. The summed E-state index contributed by atoms with van der Waals surface area (Å²) in [6.45, 7) is 0. The number of rotatable bonds is 2. The van der Waals surface area contributed by atoms with Gasteiger partial charge in [0.1, 0.15) is 0 Å². The second-order valence-corrected chi connectivity index (χ2v) is 9.22. The molecule has 0 N–H and O–H groups in total. The van der Waals surface area contributed by atoms with Gasteiger partial charge in [0.05, 0.1) is 29.3 Å². The molecule has 3 aromatic carbocycles. The van der Waals surface area contributed by atoms with Gasteiger partial charge < -0.3 is 0 Å². The molecule has 2 aliphatic heterocycles. The Labute approximate surface area is 157 Å². The molecule has 0 radical (unpaired) electrons. The summed E-state index contributed by atoms with van der Waals surface area (Å²) in [5.74, 6) is -0.00444. The first-order chi connectivity index (χ1) is 13.1. The Morgan fingerprint density at radius 3 is 2.15 bits per heavy atom. The molecule has 2 fully saturated rings. The number of fused-ring (bicyclic) bond motifs is 2. The van der Waals surface area contributed by atoms with Crippen LogP contribution in [0.15, 0.2) is 72.8 Å². The SMILES string of the molecule is O=C1N(c2ccccc2)[C@@H]2CS(=O)(=O)C[C@H]2N1c1cccc2ccccc12. The van der Waals surface area contributed by atoms with E-state index >= 15 is 0 Å². The normalized spacial score (nSPS) is 23.8. The predicted octanol–water partition coefficient (Wildman–Crippen LogP) is 3.45.